The van der Waals surface area contributed by atoms with Crippen LogP contribution in [0.25, 0.3) is 0 Å². The molecule has 2 aliphatic rings. The molecule has 1 fully saturated rings. The van der Waals surface area contributed by atoms with Gasteiger partial charge in [0.1, 0.15) is 5.75 Å². The van der Waals surface area contributed by atoms with E-state index >= 15 is 0 Å². The molecule has 1 saturated heterocycles. The summed E-state index contributed by atoms with van der Waals surface area (Å²) in [6.07, 6.45) is 0.144. The Hall–Kier alpha value is -4.53. The molecule has 2 heterocycles. The van der Waals surface area contributed by atoms with Gasteiger partial charge in [-0.25, -0.2) is 0 Å². The lowest BCUT2D eigenvalue weighted by Gasteiger charge is -2.18. The van der Waals surface area contributed by atoms with Crippen molar-refractivity contribution in [3.63, 3.8) is 0 Å². The van der Waals surface area contributed by atoms with Crippen molar-refractivity contribution in [1.29, 1.82) is 0 Å². The maximum atomic E-state index is 13.1. The average molecular weight is 516 g/mol. The predicted molar refractivity (Wildman–Crippen MR) is 141 cm³/mol. The molecule has 0 spiro atoms. The van der Waals surface area contributed by atoms with Crippen molar-refractivity contribution in [2.45, 2.75) is 32.9 Å². The van der Waals surface area contributed by atoms with Gasteiger partial charge in [0, 0.05) is 25.2 Å². The summed E-state index contributed by atoms with van der Waals surface area (Å²) >= 11 is 0. The lowest BCUT2D eigenvalue weighted by Crippen LogP contribution is -2.29. The topological polar surface area (TPSA) is 106 Å². The van der Waals surface area contributed by atoms with Gasteiger partial charge in [-0.1, -0.05) is 18.2 Å². The van der Waals surface area contributed by atoms with Crippen molar-refractivity contribution in [3.05, 3.63) is 77.9 Å². The summed E-state index contributed by atoms with van der Waals surface area (Å²) in [7, 11) is 0. The van der Waals surface area contributed by atoms with Gasteiger partial charge in [0.2, 0.25) is 18.6 Å². The van der Waals surface area contributed by atoms with Crippen molar-refractivity contribution in [1.82, 2.24) is 5.32 Å². The van der Waals surface area contributed by atoms with Crippen LogP contribution in [0.4, 0.5) is 11.4 Å². The first-order valence-electron chi connectivity index (χ1n) is 12.5. The van der Waals surface area contributed by atoms with E-state index in [0.717, 1.165) is 11.3 Å². The van der Waals surface area contributed by atoms with Crippen LogP contribution in [0, 0.1) is 5.92 Å². The van der Waals surface area contributed by atoms with Gasteiger partial charge in [-0.05, 0) is 67.9 Å². The fourth-order valence-electron chi connectivity index (χ4n) is 4.46. The van der Waals surface area contributed by atoms with Crippen LogP contribution in [0.5, 0.6) is 17.2 Å². The zero-order valence-corrected chi connectivity index (χ0v) is 21.2. The molecule has 5 rings (SSSR count). The Morgan fingerprint density at radius 1 is 1.03 bits per heavy atom. The first-order valence-corrected chi connectivity index (χ1v) is 12.5. The normalized spacial score (nSPS) is 16.0. The van der Waals surface area contributed by atoms with Crippen molar-refractivity contribution in [2.24, 2.45) is 5.92 Å². The lowest BCUT2D eigenvalue weighted by molar-refractivity contribution is -0.122. The molecule has 3 aromatic rings. The number of anilines is 2. The van der Waals surface area contributed by atoms with E-state index in [1.807, 2.05) is 50.2 Å². The Bertz CT molecular complexity index is 1350. The van der Waals surface area contributed by atoms with Crippen LogP contribution >= 0.6 is 0 Å². The van der Waals surface area contributed by atoms with Gasteiger partial charge in [0.25, 0.3) is 5.91 Å². The quantitative estimate of drug-likeness (QED) is 0.468. The molecular formula is C29H29N3O6. The molecule has 0 aliphatic carbocycles. The second kappa shape index (κ2) is 10.8. The molecule has 9 nitrogen and oxygen atoms in total. The van der Waals surface area contributed by atoms with Gasteiger partial charge in [0.05, 0.1) is 23.3 Å². The highest BCUT2D eigenvalue weighted by atomic mass is 16.7. The van der Waals surface area contributed by atoms with Crippen LogP contribution in [-0.4, -0.2) is 37.2 Å². The largest absolute Gasteiger partial charge is 0.491 e. The molecule has 0 saturated carbocycles. The highest BCUT2D eigenvalue weighted by Crippen LogP contribution is 2.32. The fourth-order valence-corrected chi connectivity index (χ4v) is 4.46. The van der Waals surface area contributed by atoms with E-state index in [4.69, 9.17) is 14.2 Å². The van der Waals surface area contributed by atoms with E-state index in [2.05, 4.69) is 10.6 Å². The molecule has 3 amide bonds. The zero-order chi connectivity index (χ0) is 26.6. The molecular weight excluding hydrogens is 486 g/mol. The van der Waals surface area contributed by atoms with Crippen molar-refractivity contribution in [2.75, 3.05) is 23.6 Å². The highest BCUT2D eigenvalue weighted by Gasteiger charge is 2.35. The standard InChI is InChI=1S/C29H29N3O6/c1-18(2)38-22-10-8-21(9-11-22)32-16-20(14-27(32)33)28(34)31-24-6-4-3-5-23(24)29(35)30-15-19-7-12-25-26(13-19)37-17-36-25/h3-13,18,20H,14-17H2,1-2H3,(H,30,35)(H,31,34)/t20-/m1/s1. The van der Waals surface area contributed by atoms with Crippen LogP contribution in [0.15, 0.2) is 66.7 Å². The average Bonchev–Trinajstić information content (AvgIpc) is 3.54. The Morgan fingerprint density at radius 3 is 2.58 bits per heavy atom. The van der Waals surface area contributed by atoms with Crippen molar-refractivity contribution < 1.29 is 28.6 Å². The zero-order valence-electron chi connectivity index (χ0n) is 21.2. The first kappa shape index (κ1) is 25.1. The summed E-state index contributed by atoms with van der Waals surface area (Å²) in [5, 5.41) is 5.74. The third kappa shape index (κ3) is 5.56. The summed E-state index contributed by atoms with van der Waals surface area (Å²) in [4.78, 5) is 40.4. The summed E-state index contributed by atoms with van der Waals surface area (Å²) in [6.45, 7) is 4.62. The highest BCUT2D eigenvalue weighted by molar-refractivity contribution is 6.07. The Kier molecular flexibility index (Phi) is 7.17. The van der Waals surface area contributed by atoms with Gasteiger partial charge < -0.3 is 29.7 Å². The van der Waals surface area contributed by atoms with E-state index in [1.165, 1.54) is 0 Å². The van der Waals surface area contributed by atoms with Gasteiger partial charge in [-0.3, -0.25) is 14.4 Å². The maximum absolute atomic E-state index is 13.1. The van der Waals surface area contributed by atoms with Gasteiger partial charge in [0.15, 0.2) is 11.5 Å². The SMILES string of the molecule is CC(C)Oc1ccc(N2C[C@H](C(=O)Nc3ccccc3C(=O)NCc3ccc4c(c3)OCO4)CC2=O)cc1. The molecule has 0 aromatic heterocycles. The van der Waals surface area contributed by atoms with E-state index < -0.39 is 5.92 Å². The molecule has 2 aliphatic heterocycles. The third-order valence-corrected chi connectivity index (χ3v) is 6.34. The van der Waals surface area contributed by atoms with Gasteiger partial charge >= 0.3 is 0 Å². The Balaban J connectivity index is 1.21. The van der Waals surface area contributed by atoms with Gasteiger partial charge in [-0.2, -0.15) is 0 Å². The number of ether oxygens (including phenoxy) is 3. The van der Waals surface area contributed by atoms with Crippen LogP contribution in [0.1, 0.15) is 36.2 Å². The number of carbonyl (C=O) groups excluding carboxylic acids is 3. The summed E-state index contributed by atoms with van der Waals surface area (Å²) in [5.41, 5.74) is 2.30. The summed E-state index contributed by atoms with van der Waals surface area (Å²) in [6, 6.07) is 19.5. The number of benzene rings is 3. The number of nitrogens with one attached hydrogen (secondary N) is 2. The molecule has 9 heteroatoms. The Morgan fingerprint density at radius 2 is 1.79 bits per heavy atom. The monoisotopic (exact) mass is 515 g/mol. The molecule has 38 heavy (non-hydrogen) atoms. The van der Waals surface area contributed by atoms with Crippen molar-refractivity contribution in [3.8, 4) is 17.2 Å². The second-order valence-electron chi connectivity index (χ2n) is 9.47. The number of nitrogens with zero attached hydrogens (tertiary/aromatic N) is 1. The molecule has 0 radical (unpaired) electrons. The number of amides is 3. The van der Waals surface area contributed by atoms with Crippen LogP contribution in [-0.2, 0) is 16.1 Å². The van der Waals surface area contributed by atoms with Crippen molar-refractivity contribution >= 4 is 29.1 Å². The smallest absolute Gasteiger partial charge is 0.253 e. The lowest BCUT2D eigenvalue weighted by atomic mass is 10.1. The summed E-state index contributed by atoms with van der Waals surface area (Å²) in [5.74, 6) is 0.732. The minimum absolute atomic E-state index is 0.0518. The third-order valence-electron chi connectivity index (χ3n) is 6.34. The van der Waals surface area contributed by atoms with E-state index in [9.17, 15) is 14.4 Å². The number of rotatable bonds is 8. The molecule has 0 bridgehead atoms. The van der Waals surface area contributed by atoms with E-state index in [1.54, 1.807) is 35.2 Å². The van der Waals surface area contributed by atoms with Crippen LogP contribution < -0.4 is 29.7 Å². The number of fused-ring (bicyclic) bond motifs is 1. The molecule has 0 unspecified atom stereocenters. The van der Waals surface area contributed by atoms with Gasteiger partial charge in [-0.15, -0.1) is 0 Å². The van der Waals surface area contributed by atoms with Crippen LogP contribution in [0.3, 0.4) is 0 Å². The number of para-hydroxylation sites is 1. The fraction of sp³-hybridized carbons (Fsp3) is 0.276. The molecule has 3 aromatic carbocycles. The van der Waals surface area contributed by atoms with E-state index in [0.29, 0.717) is 28.4 Å². The minimum atomic E-state index is -0.543. The summed E-state index contributed by atoms with van der Waals surface area (Å²) < 4.78 is 16.4. The van der Waals surface area contributed by atoms with E-state index in [-0.39, 0.29) is 50.1 Å². The second-order valence-corrected chi connectivity index (χ2v) is 9.47. The maximum Gasteiger partial charge on any atom is 0.253 e. The first-order chi connectivity index (χ1) is 18.4. The molecule has 2 N–H and O–H groups in total. The number of hydrogen-bond acceptors (Lipinski definition) is 6. The molecule has 196 valence electrons. The minimum Gasteiger partial charge on any atom is -0.491 e. The predicted octanol–water partition coefficient (Wildman–Crippen LogP) is 4.12. The number of hydrogen-bond donors (Lipinski definition) is 2. The Labute approximate surface area is 220 Å². The van der Waals surface area contributed by atoms with Crippen LogP contribution in [0.2, 0.25) is 0 Å². The molecule has 1 atom stereocenters. The number of carbonyl (C=O) groups is 3.